The van der Waals surface area contributed by atoms with Gasteiger partial charge in [-0.2, -0.15) is 0 Å². The molecule has 4 rings (SSSR count). The molecule has 1 atom stereocenters. The van der Waals surface area contributed by atoms with Gasteiger partial charge >= 0.3 is 0 Å². The predicted octanol–water partition coefficient (Wildman–Crippen LogP) is 6.93. The lowest BCUT2D eigenvalue weighted by molar-refractivity contribution is -0.120. The first-order chi connectivity index (χ1) is 16.8. The fourth-order valence-electron chi connectivity index (χ4n) is 3.83. The van der Waals surface area contributed by atoms with Crippen LogP contribution in [0.3, 0.4) is 0 Å². The number of hydrogen-bond acceptors (Lipinski definition) is 4. The number of benzene rings is 3. The van der Waals surface area contributed by atoms with Gasteiger partial charge in [0.25, 0.3) is 0 Å². The molecule has 7 heteroatoms. The quantitative estimate of drug-likeness (QED) is 0.280. The highest BCUT2D eigenvalue weighted by Gasteiger charge is 2.20. The zero-order chi connectivity index (χ0) is 24.9. The van der Waals surface area contributed by atoms with Crippen LogP contribution in [0.5, 0.6) is 5.75 Å². The smallest absolute Gasteiger partial charge is 0.225 e. The van der Waals surface area contributed by atoms with Crippen LogP contribution in [0.4, 0.5) is 0 Å². The van der Waals surface area contributed by atoms with Gasteiger partial charge in [-0.15, -0.1) is 0 Å². The SMILES string of the molecule is Cc1ccc(C(NC(=O)Cc2ccc(OCc3c(C)noc3C)cc2)c2ccc(Cl)cc2)c(Cl)c1. The van der Waals surface area contributed by atoms with Crippen molar-refractivity contribution in [2.45, 2.75) is 39.8 Å². The maximum Gasteiger partial charge on any atom is 0.225 e. The van der Waals surface area contributed by atoms with Crippen LogP contribution in [0.1, 0.15) is 45.3 Å². The monoisotopic (exact) mass is 508 g/mol. The van der Waals surface area contributed by atoms with E-state index in [1.807, 2.05) is 75.4 Å². The summed E-state index contributed by atoms with van der Waals surface area (Å²) in [5, 5.41) is 8.31. The molecule has 3 aromatic carbocycles. The summed E-state index contributed by atoms with van der Waals surface area (Å²) in [6.45, 7) is 6.11. The summed E-state index contributed by atoms with van der Waals surface area (Å²) < 4.78 is 11.0. The Hall–Kier alpha value is -3.28. The van der Waals surface area contributed by atoms with E-state index < -0.39 is 6.04 Å². The van der Waals surface area contributed by atoms with E-state index >= 15 is 0 Å². The number of ether oxygens (including phenoxy) is 1. The third-order valence-electron chi connectivity index (χ3n) is 5.83. The molecule has 1 aromatic heterocycles. The summed E-state index contributed by atoms with van der Waals surface area (Å²) in [7, 11) is 0. The van der Waals surface area contributed by atoms with E-state index in [9.17, 15) is 4.79 Å². The molecule has 0 aliphatic heterocycles. The standard InChI is InChI=1S/C28H26Cl2N2O3/c1-17-4-13-24(26(30)14-17)28(21-7-9-22(29)10-8-21)31-27(33)15-20-5-11-23(12-6-20)34-16-25-18(2)32-35-19(25)3/h4-14,28H,15-16H2,1-3H3,(H,31,33). The van der Waals surface area contributed by atoms with Crippen molar-refractivity contribution in [1.82, 2.24) is 10.5 Å². The number of nitrogens with one attached hydrogen (secondary N) is 1. The molecule has 1 amide bonds. The molecule has 4 aromatic rings. The zero-order valence-corrected chi connectivity index (χ0v) is 21.3. The van der Waals surface area contributed by atoms with E-state index in [1.165, 1.54) is 0 Å². The largest absolute Gasteiger partial charge is 0.489 e. The van der Waals surface area contributed by atoms with Crippen molar-refractivity contribution in [2.75, 3.05) is 0 Å². The number of aryl methyl sites for hydroxylation is 3. The Morgan fingerprint density at radius 1 is 1.00 bits per heavy atom. The number of nitrogens with zero attached hydrogens (tertiary/aromatic N) is 1. The third-order valence-corrected chi connectivity index (χ3v) is 6.41. The summed E-state index contributed by atoms with van der Waals surface area (Å²) in [6.07, 6.45) is 0.220. The number of hydrogen-bond donors (Lipinski definition) is 1. The molecule has 5 nitrogen and oxygen atoms in total. The van der Waals surface area contributed by atoms with E-state index in [1.54, 1.807) is 12.1 Å². The Bertz CT molecular complexity index is 1300. The number of carbonyl (C=O) groups excluding carboxylic acids is 1. The maximum atomic E-state index is 13.0. The molecule has 180 valence electrons. The van der Waals surface area contributed by atoms with Crippen molar-refractivity contribution in [2.24, 2.45) is 0 Å². The predicted molar refractivity (Wildman–Crippen MR) is 138 cm³/mol. The highest BCUT2D eigenvalue weighted by molar-refractivity contribution is 6.31. The second-order valence-corrected chi connectivity index (χ2v) is 9.33. The van der Waals surface area contributed by atoms with Gasteiger partial charge in [0.1, 0.15) is 18.1 Å². The van der Waals surface area contributed by atoms with E-state index in [-0.39, 0.29) is 12.3 Å². The second-order valence-electron chi connectivity index (χ2n) is 8.49. The van der Waals surface area contributed by atoms with Crippen LogP contribution in [0, 0.1) is 20.8 Å². The summed E-state index contributed by atoms with van der Waals surface area (Å²) in [4.78, 5) is 13.0. The van der Waals surface area contributed by atoms with Gasteiger partial charge in [-0.3, -0.25) is 4.79 Å². The van der Waals surface area contributed by atoms with Crippen LogP contribution in [0.2, 0.25) is 10.0 Å². The van der Waals surface area contributed by atoms with E-state index in [2.05, 4.69) is 10.5 Å². The normalized spacial score (nSPS) is 11.8. The summed E-state index contributed by atoms with van der Waals surface area (Å²) in [5.41, 5.74) is 5.41. The average Bonchev–Trinajstić information content (AvgIpc) is 3.15. The highest BCUT2D eigenvalue weighted by atomic mass is 35.5. The van der Waals surface area contributed by atoms with Gasteiger partial charge in [0.05, 0.1) is 23.7 Å². The molecular formula is C28H26Cl2N2O3. The van der Waals surface area contributed by atoms with Crippen molar-refractivity contribution in [3.05, 3.63) is 116 Å². The Morgan fingerprint density at radius 2 is 1.71 bits per heavy atom. The van der Waals surface area contributed by atoms with Gasteiger partial charge in [-0.05, 0) is 73.4 Å². The lowest BCUT2D eigenvalue weighted by Gasteiger charge is -2.21. The molecule has 1 heterocycles. The van der Waals surface area contributed by atoms with Crippen molar-refractivity contribution >= 4 is 29.1 Å². The average molecular weight is 509 g/mol. The minimum atomic E-state index is -0.398. The Kier molecular flexibility index (Phi) is 7.79. The highest BCUT2D eigenvalue weighted by Crippen LogP contribution is 2.30. The van der Waals surface area contributed by atoms with Crippen LogP contribution in [-0.4, -0.2) is 11.1 Å². The minimum absolute atomic E-state index is 0.119. The molecule has 0 saturated carbocycles. The molecule has 0 radical (unpaired) electrons. The van der Waals surface area contributed by atoms with E-state index in [4.69, 9.17) is 32.5 Å². The van der Waals surface area contributed by atoms with E-state index in [0.717, 1.165) is 39.3 Å². The van der Waals surface area contributed by atoms with Gasteiger partial charge in [-0.25, -0.2) is 0 Å². The van der Waals surface area contributed by atoms with Crippen LogP contribution in [0.15, 0.2) is 71.3 Å². The molecule has 0 bridgehead atoms. The zero-order valence-electron chi connectivity index (χ0n) is 19.8. The summed E-state index contributed by atoms with van der Waals surface area (Å²) >= 11 is 12.6. The van der Waals surface area contributed by atoms with Gasteiger partial charge in [-0.1, -0.05) is 64.8 Å². The molecular weight excluding hydrogens is 483 g/mol. The second kappa shape index (κ2) is 11.0. The van der Waals surface area contributed by atoms with Crippen molar-refractivity contribution in [3.63, 3.8) is 0 Å². The Labute approximate surface area is 215 Å². The lowest BCUT2D eigenvalue weighted by Crippen LogP contribution is -2.30. The number of aromatic nitrogens is 1. The summed E-state index contributed by atoms with van der Waals surface area (Å²) in [6, 6.07) is 20.3. The van der Waals surface area contributed by atoms with Crippen LogP contribution in [0.25, 0.3) is 0 Å². The topological polar surface area (TPSA) is 64.4 Å². The first kappa shape index (κ1) is 24.8. The Morgan fingerprint density at radius 3 is 2.34 bits per heavy atom. The van der Waals surface area contributed by atoms with Gasteiger partial charge < -0.3 is 14.6 Å². The lowest BCUT2D eigenvalue weighted by atomic mass is 9.97. The van der Waals surface area contributed by atoms with Gasteiger partial charge in [0.2, 0.25) is 5.91 Å². The number of rotatable bonds is 8. The van der Waals surface area contributed by atoms with Crippen molar-refractivity contribution in [3.8, 4) is 5.75 Å². The molecule has 0 aliphatic carbocycles. The molecule has 0 aliphatic rings. The number of carbonyl (C=O) groups is 1. The van der Waals surface area contributed by atoms with Gasteiger partial charge in [0.15, 0.2) is 0 Å². The summed E-state index contributed by atoms with van der Waals surface area (Å²) in [5.74, 6) is 1.34. The molecule has 35 heavy (non-hydrogen) atoms. The fourth-order valence-corrected chi connectivity index (χ4v) is 4.30. The van der Waals surface area contributed by atoms with E-state index in [0.29, 0.717) is 22.4 Å². The first-order valence-electron chi connectivity index (χ1n) is 11.2. The van der Waals surface area contributed by atoms with Gasteiger partial charge in [0, 0.05) is 10.0 Å². The molecule has 0 spiro atoms. The third kappa shape index (κ3) is 6.24. The molecule has 1 unspecified atom stereocenters. The van der Waals surface area contributed by atoms with Crippen LogP contribution >= 0.6 is 23.2 Å². The molecule has 0 saturated heterocycles. The van der Waals surface area contributed by atoms with Crippen LogP contribution in [-0.2, 0) is 17.8 Å². The van der Waals surface area contributed by atoms with Crippen molar-refractivity contribution < 1.29 is 14.1 Å². The minimum Gasteiger partial charge on any atom is -0.489 e. The molecule has 0 fully saturated rings. The molecule has 1 N–H and O–H groups in total. The van der Waals surface area contributed by atoms with Crippen molar-refractivity contribution in [1.29, 1.82) is 0 Å². The van der Waals surface area contributed by atoms with Crippen LogP contribution < -0.4 is 10.1 Å². The number of halogens is 2. The maximum absolute atomic E-state index is 13.0. The number of amides is 1. The Balaban J connectivity index is 1.45. The fraction of sp³-hybridized carbons (Fsp3) is 0.214. The first-order valence-corrected chi connectivity index (χ1v) is 12.0.